The van der Waals surface area contributed by atoms with Gasteiger partial charge in [0, 0.05) is 29.2 Å². The van der Waals surface area contributed by atoms with Gasteiger partial charge in [0.15, 0.2) is 11.5 Å². The van der Waals surface area contributed by atoms with Crippen molar-refractivity contribution in [3.05, 3.63) is 76.7 Å². The Labute approximate surface area is 192 Å². The van der Waals surface area contributed by atoms with Gasteiger partial charge in [0.2, 0.25) is 5.78 Å². The summed E-state index contributed by atoms with van der Waals surface area (Å²) < 4.78 is 1.64. The standard InChI is InChI=1S/C26H26N4O3/c1-15-5-8-17(22(31)11-16-6-7-16)13-21(15)30-14-28-23(25(30)27)24(32)18-3-2-4-19(12-18)26(33)29-20-9-10-20/h2-5,8,12-14,16,20H,6-7,9-11,27H2,1H3,(H,29,33). The molecule has 7 heteroatoms. The summed E-state index contributed by atoms with van der Waals surface area (Å²) in [5.74, 6) is 0.282. The molecule has 7 nitrogen and oxygen atoms in total. The van der Waals surface area contributed by atoms with Crippen LogP contribution in [0.25, 0.3) is 5.69 Å². The number of hydrogen-bond donors (Lipinski definition) is 2. The molecule has 2 aliphatic rings. The number of carbonyl (C=O) groups excluding carboxylic acids is 3. The lowest BCUT2D eigenvalue weighted by molar-refractivity contribution is 0.0948. The van der Waals surface area contributed by atoms with E-state index in [0.29, 0.717) is 29.0 Å². The lowest BCUT2D eigenvalue weighted by Gasteiger charge is -2.11. The number of benzene rings is 2. The zero-order valence-electron chi connectivity index (χ0n) is 18.5. The van der Waals surface area contributed by atoms with Gasteiger partial charge in [-0.1, -0.05) is 24.3 Å². The van der Waals surface area contributed by atoms with Gasteiger partial charge in [0.25, 0.3) is 5.91 Å². The van der Waals surface area contributed by atoms with Crippen molar-refractivity contribution < 1.29 is 14.4 Å². The number of nitrogens with two attached hydrogens (primary N) is 1. The predicted octanol–water partition coefficient (Wildman–Crippen LogP) is 3.87. The van der Waals surface area contributed by atoms with Gasteiger partial charge >= 0.3 is 0 Å². The Morgan fingerprint density at radius 1 is 1.03 bits per heavy atom. The van der Waals surface area contributed by atoms with Crippen molar-refractivity contribution in [1.82, 2.24) is 14.9 Å². The number of nitrogens with one attached hydrogen (secondary N) is 1. The van der Waals surface area contributed by atoms with Gasteiger partial charge in [-0.3, -0.25) is 19.0 Å². The molecule has 2 fully saturated rings. The second-order valence-electron chi connectivity index (χ2n) is 9.08. The molecule has 0 aliphatic heterocycles. The zero-order chi connectivity index (χ0) is 23.1. The first-order chi connectivity index (χ1) is 15.9. The maximum Gasteiger partial charge on any atom is 0.251 e. The third-order valence-corrected chi connectivity index (χ3v) is 6.28. The molecule has 1 aromatic heterocycles. The van der Waals surface area contributed by atoms with Gasteiger partial charge < -0.3 is 11.1 Å². The number of nitrogen functional groups attached to an aromatic ring is 1. The zero-order valence-corrected chi connectivity index (χ0v) is 18.5. The lowest BCUT2D eigenvalue weighted by atomic mass is 10.0. The van der Waals surface area contributed by atoms with Crippen LogP contribution in [0.15, 0.2) is 48.8 Å². The molecular weight excluding hydrogens is 416 g/mol. The molecule has 3 N–H and O–H groups in total. The maximum absolute atomic E-state index is 13.2. The maximum atomic E-state index is 13.2. The first kappa shape index (κ1) is 21.1. The quantitative estimate of drug-likeness (QED) is 0.515. The van der Waals surface area contributed by atoms with Crippen LogP contribution in [-0.2, 0) is 0 Å². The van der Waals surface area contributed by atoms with E-state index in [0.717, 1.165) is 36.9 Å². The van der Waals surface area contributed by atoms with Crippen LogP contribution in [-0.4, -0.2) is 33.1 Å². The number of ketones is 2. The molecule has 0 spiro atoms. The largest absolute Gasteiger partial charge is 0.383 e. The fourth-order valence-corrected chi connectivity index (χ4v) is 3.90. The Kier molecular flexibility index (Phi) is 5.32. The van der Waals surface area contributed by atoms with Crippen LogP contribution in [0.4, 0.5) is 5.82 Å². The summed E-state index contributed by atoms with van der Waals surface area (Å²) in [5, 5.41) is 2.93. The Morgan fingerprint density at radius 2 is 1.79 bits per heavy atom. The number of aromatic nitrogens is 2. The van der Waals surface area contributed by atoms with Crippen LogP contribution in [0, 0.1) is 12.8 Å². The molecule has 1 amide bonds. The molecular formula is C26H26N4O3. The third-order valence-electron chi connectivity index (χ3n) is 6.28. The van der Waals surface area contributed by atoms with Crippen molar-refractivity contribution in [2.45, 2.75) is 45.1 Å². The van der Waals surface area contributed by atoms with E-state index in [-0.39, 0.29) is 35.0 Å². The number of Topliss-reactive ketones (excluding diaryl/α,β-unsaturated/α-hetero) is 1. The molecule has 2 saturated carbocycles. The van der Waals surface area contributed by atoms with E-state index < -0.39 is 0 Å². The second-order valence-corrected chi connectivity index (χ2v) is 9.08. The Bertz CT molecular complexity index is 1270. The van der Waals surface area contributed by atoms with Gasteiger partial charge in [-0.2, -0.15) is 0 Å². The van der Waals surface area contributed by atoms with Gasteiger partial charge in [0.1, 0.15) is 12.1 Å². The minimum Gasteiger partial charge on any atom is -0.383 e. The highest BCUT2D eigenvalue weighted by atomic mass is 16.2. The molecule has 1 heterocycles. The first-order valence-electron chi connectivity index (χ1n) is 11.3. The fraction of sp³-hybridized carbons (Fsp3) is 0.308. The van der Waals surface area contributed by atoms with Gasteiger partial charge in [-0.05, 0) is 62.3 Å². The molecule has 0 saturated heterocycles. The molecule has 5 rings (SSSR count). The van der Waals surface area contributed by atoms with Crippen molar-refractivity contribution in [2.24, 2.45) is 5.92 Å². The van der Waals surface area contributed by atoms with Crippen LogP contribution < -0.4 is 11.1 Å². The lowest BCUT2D eigenvalue weighted by Crippen LogP contribution is -2.25. The van der Waals surface area contributed by atoms with Crippen molar-refractivity contribution in [3.8, 4) is 5.69 Å². The second kappa shape index (κ2) is 8.31. The minimum atomic E-state index is -0.356. The van der Waals surface area contributed by atoms with Crippen molar-refractivity contribution in [3.63, 3.8) is 0 Å². The average Bonchev–Trinajstić information content (AvgIpc) is 3.75. The predicted molar refractivity (Wildman–Crippen MR) is 125 cm³/mol. The summed E-state index contributed by atoms with van der Waals surface area (Å²) in [7, 11) is 0. The van der Waals surface area contributed by atoms with E-state index in [1.165, 1.54) is 6.33 Å². The first-order valence-corrected chi connectivity index (χ1v) is 11.3. The number of aryl methyl sites for hydroxylation is 1. The van der Waals surface area contributed by atoms with Gasteiger partial charge in [0.05, 0.1) is 5.69 Å². The van der Waals surface area contributed by atoms with Crippen LogP contribution in [0.3, 0.4) is 0 Å². The highest BCUT2D eigenvalue weighted by Gasteiger charge is 2.26. The van der Waals surface area contributed by atoms with E-state index in [2.05, 4.69) is 10.3 Å². The molecule has 2 aromatic carbocycles. The van der Waals surface area contributed by atoms with Crippen LogP contribution in [0.2, 0.25) is 0 Å². The summed E-state index contributed by atoms with van der Waals surface area (Å²) in [6.45, 7) is 1.92. The molecule has 2 aliphatic carbocycles. The summed E-state index contributed by atoms with van der Waals surface area (Å²) in [6, 6.07) is 12.4. The van der Waals surface area contributed by atoms with Crippen LogP contribution >= 0.6 is 0 Å². The number of imidazole rings is 1. The molecule has 0 atom stereocenters. The van der Waals surface area contributed by atoms with E-state index in [1.54, 1.807) is 28.8 Å². The molecule has 0 unspecified atom stereocenters. The van der Waals surface area contributed by atoms with E-state index >= 15 is 0 Å². The average molecular weight is 443 g/mol. The van der Waals surface area contributed by atoms with Crippen LogP contribution in [0.1, 0.15) is 74.4 Å². The topological polar surface area (TPSA) is 107 Å². The number of nitrogens with zero attached hydrogens (tertiary/aromatic N) is 2. The molecule has 0 radical (unpaired) electrons. The number of carbonyl (C=O) groups is 3. The summed E-state index contributed by atoms with van der Waals surface area (Å²) in [5.41, 5.74) is 9.52. The van der Waals surface area contributed by atoms with Crippen molar-refractivity contribution in [2.75, 3.05) is 5.73 Å². The number of hydrogen-bond acceptors (Lipinski definition) is 5. The smallest absolute Gasteiger partial charge is 0.251 e. The summed E-state index contributed by atoms with van der Waals surface area (Å²) >= 11 is 0. The third kappa shape index (κ3) is 4.44. The van der Waals surface area contributed by atoms with Gasteiger partial charge in [-0.25, -0.2) is 4.98 Å². The highest BCUT2D eigenvalue weighted by molar-refractivity contribution is 6.11. The van der Waals surface area contributed by atoms with Crippen molar-refractivity contribution >= 4 is 23.3 Å². The summed E-state index contributed by atoms with van der Waals surface area (Å²) in [6.07, 6.45) is 6.29. The number of rotatable bonds is 8. The number of amides is 1. The Balaban J connectivity index is 1.42. The van der Waals surface area contributed by atoms with E-state index in [1.807, 2.05) is 25.1 Å². The summed E-state index contributed by atoms with van der Waals surface area (Å²) in [4.78, 5) is 42.4. The van der Waals surface area contributed by atoms with Gasteiger partial charge in [-0.15, -0.1) is 0 Å². The molecule has 168 valence electrons. The monoisotopic (exact) mass is 442 g/mol. The normalized spacial score (nSPS) is 15.3. The van der Waals surface area contributed by atoms with E-state index in [4.69, 9.17) is 5.73 Å². The Hall–Kier alpha value is -3.74. The molecule has 0 bridgehead atoms. The molecule has 33 heavy (non-hydrogen) atoms. The highest BCUT2D eigenvalue weighted by Crippen LogP contribution is 2.34. The van der Waals surface area contributed by atoms with Crippen LogP contribution in [0.5, 0.6) is 0 Å². The SMILES string of the molecule is Cc1ccc(C(=O)CC2CC2)cc1-n1cnc(C(=O)c2cccc(C(=O)NC3CC3)c2)c1N. The van der Waals surface area contributed by atoms with Crippen molar-refractivity contribution in [1.29, 1.82) is 0 Å². The Morgan fingerprint density at radius 3 is 2.52 bits per heavy atom. The fourth-order valence-electron chi connectivity index (χ4n) is 3.90. The van der Waals surface area contributed by atoms with E-state index in [9.17, 15) is 14.4 Å². The molecule has 3 aromatic rings. The number of anilines is 1. The minimum absolute atomic E-state index is 0.115.